The molecule has 0 bridgehead atoms. The number of carbonyl (C=O) groups excluding carboxylic acids is 2. The van der Waals surface area contributed by atoms with Crippen LogP contribution in [0, 0.1) is 0 Å². The predicted octanol–water partition coefficient (Wildman–Crippen LogP) is 18.6. The van der Waals surface area contributed by atoms with E-state index in [1.54, 1.807) is 0 Å². The zero-order chi connectivity index (χ0) is 48.6. The minimum absolute atomic E-state index is 0.0133. The zero-order valence-electron chi connectivity index (χ0n) is 45.1. The third-order valence-corrected chi connectivity index (χ3v) is 14.0. The minimum atomic E-state index is -0.676. The lowest BCUT2D eigenvalue weighted by Gasteiger charge is -2.22. The van der Waals surface area contributed by atoms with E-state index < -0.39 is 12.1 Å². The lowest BCUT2D eigenvalue weighted by Crippen LogP contribution is -2.45. The highest BCUT2D eigenvalue weighted by Crippen LogP contribution is 2.17. The van der Waals surface area contributed by atoms with Gasteiger partial charge in [0.25, 0.3) is 0 Å². The van der Waals surface area contributed by atoms with E-state index >= 15 is 0 Å². The Morgan fingerprint density at radius 1 is 0.403 bits per heavy atom. The summed E-state index contributed by atoms with van der Waals surface area (Å²) in [7, 11) is 0. The van der Waals surface area contributed by atoms with Crippen LogP contribution in [0.3, 0.4) is 0 Å². The maximum absolute atomic E-state index is 12.5. The zero-order valence-corrected chi connectivity index (χ0v) is 45.1. The van der Waals surface area contributed by atoms with Crippen LogP contribution in [0.4, 0.5) is 0 Å². The molecule has 2 atom stereocenters. The van der Waals surface area contributed by atoms with Crippen LogP contribution in [0.1, 0.15) is 328 Å². The second-order valence-electron chi connectivity index (χ2n) is 20.7. The molecule has 0 rings (SSSR count). The average molecular weight is 945 g/mol. The Hall–Kier alpha value is -1.66. The Morgan fingerprint density at radius 3 is 1.10 bits per heavy atom. The topological polar surface area (TPSA) is 95.9 Å². The third-order valence-electron chi connectivity index (χ3n) is 14.0. The number of esters is 1. The summed E-state index contributed by atoms with van der Waals surface area (Å²) in [5, 5.41) is 23.4. The van der Waals surface area contributed by atoms with E-state index in [-0.39, 0.29) is 18.5 Å². The fraction of sp³-hybridized carbons (Fsp3) is 0.902. The van der Waals surface area contributed by atoms with Crippen molar-refractivity contribution in [2.75, 3.05) is 13.2 Å². The molecule has 67 heavy (non-hydrogen) atoms. The molecule has 0 aromatic rings. The van der Waals surface area contributed by atoms with Gasteiger partial charge in [0, 0.05) is 12.8 Å². The lowest BCUT2D eigenvalue weighted by atomic mass is 10.0. The molecular weight excluding hydrogens is 827 g/mol. The van der Waals surface area contributed by atoms with Gasteiger partial charge in [0.2, 0.25) is 5.91 Å². The molecular formula is C61H117NO5. The summed E-state index contributed by atoms with van der Waals surface area (Å²) in [6.45, 7) is 4.91. The van der Waals surface area contributed by atoms with Crippen LogP contribution in [0.5, 0.6) is 0 Å². The standard InChI is InChI=1S/C61H117NO5/c1-3-5-7-9-11-13-15-16-17-18-19-20-21-22-23-24-27-30-34-37-41-45-49-53-59(64)58(57-63)62-60(65)54-50-46-42-38-35-31-28-25-26-29-32-36-40-44-48-52-56-67-61(66)55-51-47-43-39-33-14-12-10-8-6-4-2/h10,12,25,28,58-59,63-64H,3-9,11,13-24,26-27,29-57H2,1-2H3,(H,62,65)/b12-10-,28-25-. The van der Waals surface area contributed by atoms with Gasteiger partial charge in [-0.05, 0) is 70.6 Å². The molecule has 1 amide bonds. The van der Waals surface area contributed by atoms with Crippen molar-refractivity contribution in [1.82, 2.24) is 5.32 Å². The highest BCUT2D eigenvalue weighted by Gasteiger charge is 2.20. The highest BCUT2D eigenvalue weighted by atomic mass is 16.5. The monoisotopic (exact) mass is 944 g/mol. The second-order valence-corrected chi connectivity index (χ2v) is 20.7. The minimum Gasteiger partial charge on any atom is -0.466 e. The first kappa shape index (κ1) is 65.3. The largest absolute Gasteiger partial charge is 0.466 e. The van der Waals surface area contributed by atoms with E-state index in [4.69, 9.17) is 4.74 Å². The molecule has 2 unspecified atom stereocenters. The van der Waals surface area contributed by atoms with Gasteiger partial charge in [-0.25, -0.2) is 0 Å². The van der Waals surface area contributed by atoms with E-state index in [9.17, 15) is 19.8 Å². The van der Waals surface area contributed by atoms with Crippen LogP contribution in [0.15, 0.2) is 24.3 Å². The fourth-order valence-corrected chi connectivity index (χ4v) is 9.32. The highest BCUT2D eigenvalue weighted by molar-refractivity contribution is 5.76. The molecule has 0 aromatic heterocycles. The van der Waals surface area contributed by atoms with Gasteiger partial charge in [0.05, 0.1) is 25.4 Å². The first-order valence-corrected chi connectivity index (χ1v) is 30.1. The Labute approximate surface area is 418 Å². The Morgan fingerprint density at radius 2 is 0.716 bits per heavy atom. The molecule has 6 nitrogen and oxygen atoms in total. The van der Waals surface area contributed by atoms with Gasteiger partial charge in [-0.1, -0.05) is 269 Å². The van der Waals surface area contributed by atoms with E-state index in [2.05, 4.69) is 43.5 Å². The molecule has 396 valence electrons. The Bertz CT molecular complexity index is 1040. The molecule has 0 saturated carbocycles. The summed E-state index contributed by atoms with van der Waals surface area (Å²) in [6, 6.07) is -0.555. The SMILES string of the molecule is CCCC/C=C\CCCCCCCC(=O)OCCCCCCCCC/C=C\CCCCCCCC(=O)NC(CO)C(O)CCCCCCCCCCCCCCCCCCCCCCCCC. The van der Waals surface area contributed by atoms with Crippen molar-refractivity contribution in [2.45, 2.75) is 341 Å². The molecule has 0 aliphatic rings. The number of aliphatic hydroxyl groups excluding tert-OH is 2. The number of allylic oxidation sites excluding steroid dienone is 4. The predicted molar refractivity (Wildman–Crippen MR) is 292 cm³/mol. The summed E-state index contributed by atoms with van der Waals surface area (Å²) in [6.07, 6.45) is 68.9. The molecule has 3 N–H and O–H groups in total. The first-order chi connectivity index (χ1) is 33.0. The molecule has 0 fully saturated rings. The number of rotatable bonds is 56. The van der Waals surface area contributed by atoms with Crippen molar-refractivity contribution >= 4 is 11.9 Å². The van der Waals surface area contributed by atoms with E-state index in [1.807, 2.05) is 0 Å². The fourth-order valence-electron chi connectivity index (χ4n) is 9.32. The molecule has 6 heteroatoms. The maximum Gasteiger partial charge on any atom is 0.305 e. The van der Waals surface area contributed by atoms with Crippen molar-refractivity contribution in [3.63, 3.8) is 0 Å². The molecule has 0 spiro atoms. The number of ether oxygens (including phenoxy) is 1. The first-order valence-electron chi connectivity index (χ1n) is 30.1. The van der Waals surface area contributed by atoms with E-state index in [0.29, 0.717) is 25.9 Å². The van der Waals surface area contributed by atoms with Crippen LogP contribution < -0.4 is 5.32 Å². The third kappa shape index (κ3) is 53.5. The number of carbonyl (C=O) groups is 2. The summed E-state index contributed by atoms with van der Waals surface area (Å²) in [5.41, 5.74) is 0. The van der Waals surface area contributed by atoms with Gasteiger partial charge in [0.15, 0.2) is 0 Å². The van der Waals surface area contributed by atoms with Crippen molar-refractivity contribution in [1.29, 1.82) is 0 Å². The Balaban J connectivity index is 3.47. The number of unbranched alkanes of at least 4 members (excludes halogenated alkanes) is 41. The van der Waals surface area contributed by atoms with Crippen molar-refractivity contribution in [3.05, 3.63) is 24.3 Å². The molecule has 0 radical (unpaired) electrons. The van der Waals surface area contributed by atoms with Gasteiger partial charge in [-0.2, -0.15) is 0 Å². The number of nitrogens with one attached hydrogen (secondary N) is 1. The van der Waals surface area contributed by atoms with Crippen LogP contribution in [-0.4, -0.2) is 47.4 Å². The summed E-state index contributed by atoms with van der Waals surface area (Å²) < 4.78 is 5.44. The Kier molecular flexibility index (Phi) is 55.5. The summed E-state index contributed by atoms with van der Waals surface area (Å²) in [4.78, 5) is 24.5. The van der Waals surface area contributed by atoms with Crippen LogP contribution >= 0.6 is 0 Å². The molecule has 0 saturated heterocycles. The normalized spacial score (nSPS) is 12.7. The van der Waals surface area contributed by atoms with Crippen molar-refractivity contribution in [3.8, 4) is 0 Å². The van der Waals surface area contributed by atoms with Crippen molar-refractivity contribution in [2.24, 2.45) is 0 Å². The van der Waals surface area contributed by atoms with Gasteiger partial charge in [-0.15, -0.1) is 0 Å². The van der Waals surface area contributed by atoms with Crippen LogP contribution in [-0.2, 0) is 14.3 Å². The number of aliphatic hydroxyl groups is 2. The van der Waals surface area contributed by atoms with Crippen LogP contribution in [0.2, 0.25) is 0 Å². The molecule has 0 aliphatic carbocycles. The quantitative estimate of drug-likeness (QED) is 0.0321. The van der Waals surface area contributed by atoms with Gasteiger partial charge in [0.1, 0.15) is 0 Å². The van der Waals surface area contributed by atoms with Crippen LogP contribution in [0.25, 0.3) is 0 Å². The summed E-state index contributed by atoms with van der Waals surface area (Å²) >= 11 is 0. The second kappa shape index (κ2) is 56.9. The number of amides is 1. The van der Waals surface area contributed by atoms with Gasteiger partial charge >= 0.3 is 5.97 Å². The molecule has 0 heterocycles. The lowest BCUT2D eigenvalue weighted by molar-refractivity contribution is -0.143. The number of hydrogen-bond donors (Lipinski definition) is 3. The maximum atomic E-state index is 12.5. The number of hydrogen-bond acceptors (Lipinski definition) is 5. The van der Waals surface area contributed by atoms with E-state index in [1.165, 1.54) is 231 Å². The van der Waals surface area contributed by atoms with Crippen molar-refractivity contribution < 1.29 is 24.5 Å². The van der Waals surface area contributed by atoms with Gasteiger partial charge in [-0.3, -0.25) is 9.59 Å². The average Bonchev–Trinajstić information content (AvgIpc) is 3.33. The molecule has 0 aliphatic heterocycles. The smallest absolute Gasteiger partial charge is 0.305 e. The van der Waals surface area contributed by atoms with Gasteiger partial charge < -0.3 is 20.3 Å². The molecule has 0 aromatic carbocycles. The van der Waals surface area contributed by atoms with E-state index in [0.717, 1.165) is 64.2 Å². The summed E-state index contributed by atoms with van der Waals surface area (Å²) in [5.74, 6) is -0.0626.